The molecule has 0 atom stereocenters. The molecule has 1 rings (SSSR count). The van der Waals surface area contributed by atoms with Crippen LogP contribution in [0.3, 0.4) is 0 Å². The topological polar surface area (TPSA) is 81.2 Å². The molecule has 1 aromatic carbocycles. The minimum atomic E-state index is -0.620. The van der Waals surface area contributed by atoms with E-state index in [4.69, 9.17) is 5.73 Å². The number of nitro groups is 1. The maximum Gasteiger partial charge on any atom is 0.162 e. The van der Waals surface area contributed by atoms with Gasteiger partial charge in [0.2, 0.25) is 0 Å². The van der Waals surface area contributed by atoms with Gasteiger partial charge in [-0.2, -0.15) is 0 Å². The van der Waals surface area contributed by atoms with Gasteiger partial charge >= 0.3 is 0 Å². The molecule has 0 amide bonds. The molecule has 0 radical (unpaired) electrons. The van der Waals surface area contributed by atoms with Crippen molar-refractivity contribution in [2.24, 2.45) is 0 Å². The molecule has 0 saturated carbocycles. The molecule has 5 nitrogen and oxygen atoms in total. The predicted molar refractivity (Wildman–Crippen MR) is 48.7 cm³/mol. The highest BCUT2D eigenvalue weighted by molar-refractivity contribution is 5.85. The molecule has 0 saturated heterocycles. The van der Waals surface area contributed by atoms with Gasteiger partial charge in [0.1, 0.15) is 5.69 Å². The van der Waals surface area contributed by atoms with Crippen LogP contribution in [0.5, 0.6) is 0 Å². The molecule has 0 heterocycles. The van der Waals surface area contributed by atoms with Crippen LogP contribution in [0.15, 0.2) is 24.3 Å². The van der Waals surface area contributed by atoms with Gasteiger partial charge in [-0.15, -0.1) is 17.8 Å². The minimum Gasteiger partial charge on any atom is -0.399 e. The van der Waals surface area contributed by atoms with E-state index < -0.39 is 5.03 Å². The summed E-state index contributed by atoms with van der Waals surface area (Å²) in [6.45, 7) is 0. The SMILES string of the molecule is Cl.Nc1ccc(N[N+](=O)[O-])cc1. The lowest BCUT2D eigenvalue weighted by atomic mass is 10.3. The lowest BCUT2D eigenvalue weighted by Crippen LogP contribution is -2.07. The van der Waals surface area contributed by atoms with Gasteiger partial charge in [-0.3, -0.25) is 0 Å². The van der Waals surface area contributed by atoms with Crippen molar-refractivity contribution >= 4 is 23.8 Å². The smallest absolute Gasteiger partial charge is 0.162 e. The van der Waals surface area contributed by atoms with Crippen LogP contribution in [0.2, 0.25) is 0 Å². The standard InChI is InChI=1S/C6H7N3O2.ClH/c7-5-1-3-6(4-2-5)8-9(10)11;/h1-4,8H,7H2;1H. The fraction of sp³-hybridized carbons (Fsp3) is 0. The summed E-state index contributed by atoms with van der Waals surface area (Å²) in [6, 6.07) is 6.26. The number of anilines is 2. The lowest BCUT2D eigenvalue weighted by Gasteiger charge is -1.96. The highest BCUT2D eigenvalue weighted by Crippen LogP contribution is 2.09. The van der Waals surface area contributed by atoms with Crippen molar-refractivity contribution in [1.82, 2.24) is 0 Å². The highest BCUT2D eigenvalue weighted by atomic mass is 35.5. The van der Waals surface area contributed by atoms with Crippen LogP contribution in [-0.2, 0) is 0 Å². The third kappa shape index (κ3) is 3.07. The van der Waals surface area contributed by atoms with Crippen LogP contribution in [0.4, 0.5) is 11.4 Å². The van der Waals surface area contributed by atoms with Crippen LogP contribution in [-0.4, -0.2) is 5.03 Å². The number of nitrogens with zero attached hydrogens (tertiary/aromatic N) is 1. The van der Waals surface area contributed by atoms with Gasteiger partial charge in [-0.05, 0) is 24.3 Å². The molecule has 0 fully saturated rings. The number of benzene rings is 1. The number of hydrazine groups is 1. The van der Waals surface area contributed by atoms with Gasteiger partial charge in [0.25, 0.3) is 0 Å². The summed E-state index contributed by atoms with van der Waals surface area (Å²) in [5.41, 5.74) is 8.36. The monoisotopic (exact) mass is 189 g/mol. The second-order valence-electron chi connectivity index (χ2n) is 1.99. The minimum absolute atomic E-state index is 0. The maximum absolute atomic E-state index is 9.92. The number of nitrogens with two attached hydrogens (primary N) is 1. The van der Waals surface area contributed by atoms with Crippen molar-refractivity contribution in [2.75, 3.05) is 11.2 Å². The summed E-state index contributed by atoms with van der Waals surface area (Å²) in [5, 5.41) is 9.30. The second kappa shape index (κ2) is 4.40. The molecule has 12 heavy (non-hydrogen) atoms. The van der Waals surface area contributed by atoms with Gasteiger partial charge in [0.05, 0.1) is 0 Å². The molecule has 0 unspecified atom stereocenters. The Bertz CT molecular complexity index is 262. The van der Waals surface area contributed by atoms with Crippen LogP contribution < -0.4 is 11.2 Å². The van der Waals surface area contributed by atoms with Crippen LogP contribution >= 0.6 is 12.4 Å². The fourth-order valence-electron chi connectivity index (χ4n) is 0.663. The highest BCUT2D eigenvalue weighted by Gasteiger charge is 1.95. The van der Waals surface area contributed by atoms with Crippen molar-refractivity contribution in [3.63, 3.8) is 0 Å². The first-order valence-electron chi connectivity index (χ1n) is 2.95. The number of rotatable bonds is 2. The molecule has 0 aliphatic carbocycles. The van der Waals surface area contributed by atoms with Crippen molar-refractivity contribution < 1.29 is 5.03 Å². The number of hydrogen-bond acceptors (Lipinski definition) is 3. The zero-order valence-electron chi connectivity index (χ0n) is 6.06. The normalized spacial score (nSPS) is 8.33. The molecule has 0 aliphatic rings. The average molecular weight is 190 g/mol. The Morgan fingerprint density at radius 1 is 1.33 bits per heavy atom. The summed E-state index contributed by atoms with van der Waals surface area (Å²) in [5.74, 6) is 0. The second-order valence-corrected chi connectivity index (χ2v) is 1.99. The Labute approximate surface area is 75.1 Å². The van der Waals surface area contributed by atoms with Crippen molar-refractivity contribution in [1.29, 1.82) is 0 Å². The molecule has 1 aromatic rings. The Morgan fingerprint density at radius 2 is 1.83 bits per heavy atom. The molecule has 0 aromatic heterocycles. The number of nitrogens with one attached hydrogen (secondary N) is 1. The Hall–Kier alpha value is -1.49. The van der Waals surface area contributed by atoms with E-state index >= 15 is 0 Å². The summed E-state index contributed by atoms with van der Waals surface area (Å²) >= 11 is 0. The number of hydrogen-bond donors (Lipinski definition) is 2. The van der Waals surface area contributed by atoms with E-state index in [1.54, 1.807) is 12.1 Å². The van der Waals surface area contributed by atoms with Gasteiger partial charge in [-0.25, -0.2) is 10.1 Å². The van der Waals surface area contributed by atoms with E-state index in [1.807, 2.05) is 5.43 Å². The molecule has 0 bridgehead atoms. The predicted octanol–water partition coefficient (Wildman–Crippen LogP) is 1.29. The third-order valence-corrected chi connectivity index (χ3v) is 1.13. The average Bonchev–Trinajstić information content (AvgIpc) is 1.93. The summed E-state index contributed by atoms with van der Waals surface area (Å²) in [4.78, 5) is 9.92. The van der Waals surface area contributed by atoms with Gasteiger partial charge < -0.3 is 5.73 Å². The first-order valence-corrected chi connectivity index (χ1v) is 2.95. The Morgan fingerprint density at radius 3 is 2.25 bits per heavy atom. The Kier molecular flexibility index (Phi) is 3.85. The first-order chi connectivity index (χ1) is 5.18. The van der Waals surface area contributed by atoms with E-state index in [2.05, 4.69) is 0 Å². The van der Waals surface area contributed by atoms with E-state index in [9.17, 15) is 10.1 Å². The third-order valence-electron chi connectivity index (χ3n) is 1.13. The molecule has 6 heteroatoms. The largest absolute Gasteiger partial charge is 0.399 e. The van der Waals surface area contributed by atoms with Gasteiger partial charge in [-0.1, -0.05) is 0 Å². The summed E-state index contributed by atoms with van der Waals surface area (Å²) in [6.07, 6.45) is 0. The maximum atomic E-state index is 9.92. The molecule has 0 spiro atoms. The van der Waals surface area contributed by atoms with E-state index in [-0.39, 0.29) is 12.4 Å². The van der Waals surface area contributed by atoms with Crippen molar-refractivity contribution in [2.45, 2.75) is 0 Å². The zero-order valence-corrected chi connectivity index (χ0v) is 6.88. The molecule has 0 aliphatic heterocycles. The molecule has 66 valence electrons. The lowest BCUT2D eigenvalue weighted by molar-refractivity contribution is -0.445. The van der Waals surface area contributed by atoms with Gasteiger partial charge in [0, 0.05) is 5.69 Å². The van der Waals surface area contributed by atoms with E-state index in [0.29, 0.717) is 11.4 Å². The van der Waals surface area contributed by atoms with E-state index in [1.165, 1.54) is 12.1 Å². The molecule has 3 N–H and O–H groups in total. The fourth-order valence-corrected chi connectivity index (χ4v) is 0.663. The van der Waals surface area contributed by atoms with Gasteiger partial charge in [0.15, 0.2) is 5.03 Å². The Balaban J connectivity index is 0.00000121. The van der Waals surface area contributed by atoms with Crippen LogP contribution in [0.25, 0.3) is 0 Å². The number of halogens is 1. The summed E-state index contributed by atoms with van der Waals surface area (Å²) in [7, 11) is 0. The summed E-state index contributed by atoms with van der Waals surface area (Å²) < 4.78 is 0. The zero-order chi connectivity index (χ0) is 8.27. The van der Waals surface area contributed by atoms with E-state index in [0.717, 1.165) is 0 Å². The van der Waals surface area contributed by atoms with Crippen LogP contribution in [0.1, 0.15) is 0 Å². The van der Waals surface area contributed by atoms with Crippen LogP contribution in [0, 0.1) is 10.1 Å². The molecular formula is C6H8ClN3O2. The van der Waals surface area contributed by atoms with Crippen molar-refractivity contribution in [3.8, 4) is 0 Å². The number of nitrogen functional groups attached to an aromatic ring is 1. The quantitative estimate of drug-likeness (QED) is 0.417. The van der Waals surface area contributed by atoms with Crippen molar-refractivity contribution in [3.05, 3.63) is 34.4 Å². The first kappa shape index (κ1) is 10.5. The molecular weight excluding hydrogens is 182 g/mol.